The number of aromatic nitrogens is 2. The molecule has 0 bridgehead atoms. The topological polar surface area (TPSA) is 54.9 Å². The second-order valence-corrected chi connectivity index (χ2v) is 9.27. The molecule has 0 aliphatic heterocycles. The number of nitrogens with zero attached hydrogens (tertiary/aromatic N) is 1. The molecule has 0 saturated heterocycles. The largest absolute Gasteiger partial charge is 0.328 e. The van der Waals surface area contributed by atoms with Gasteiger partial charge in [-0.05, 0) is 17.9 Å². The molecular weight excluding hydrogens is 380 g/mol. The van der Waals surface area contributed by atoms with E-state index in [1.165, 1.54) is 106 Å². The van der Waals surface area contributed by atoms with Crippen LogP contribution in [-0.4, -0.2) is 9.55 Å². The Bertz CT molecular complexity index is 790. The van der Waals surface area contributed by atoms with Crippen LogP contribution in [0.15, 0.2) is 21.0 Å². The van der Waals surface area contributed by atoms with Crippen molar-refractivity contribution < 1.29 is 0 Å². The summed E-state index contributed by atoms with van der Waals surface area (Å²) < 4.78 is 2.02. The van der Waals surface area contributed by atoms with Crippen molar-refractivity contribution >= 4 is 21.6 Å². The predicted molar refractivity (Wildman–Crippen MR) is 126 cm³/mol. The smallest absolute Gasteiger partial charge is 0.306 e. The van der Waals surface area contributed by atoms with Crippen LogP contribution in [0.3, 0.4) is 0 Å². The zero-order chi connectivity index (χ0) is 20.7. The fraction of sp³-hybridized carbons (Fsp3) is 0.750. The molecule has 1 N–H and O–H groups in total. The molecule has 2 rings (SSSR count). The van der Waals surface area contributed by atoms with E-state index in [2.05, 4.69) is 11.9 Å². The number of rotatable bonds is 17. The molecule has 4 nitrogen and oxygen atoms in total. The fourth-order valence-electron chi connectivity index (χ4n) is 3.99. The first kappa shape index (κ1) is 23.9. The van der Waals surface area contributed by atoms with Gasteiger partial charge in [0.05, 0.1) is 5.52 Å². The molecule has 2 aromatic rings. The normalized spacial score (nSPS) is 11.5. The average Bonchev–Trinajstić information content (AvgIpc) is 3.18. The van der Waals surface area contributed by atoms with Crippen LogP contribution in [0.1, 0.15) is 110 Å². The van der Waals surface area contributed by atoms with Crippen molar-refractivity contribution in [2.75, 3.05) is 0 Å². The molecule has 0 radical (unpaired) electrons. The molecule has 0 unspecified atom stereocenters. The Balaban J connectivity index is 1.42. The summed E-state index contributed by atoms with van der Waals surface area (Å²) in [6.07, 6.45) is 21.2. The maximum atomic E-state index is 12.4. The summed E-state index contributed by atoms with van der Waals surface area (Å²) in [6, 6.07) is 1.79. The minimum Gasteiger partial charge on any atom is -0.306 e. The predicted octanol–water partition coefficient (Wildman–Crippen LogP) is 7.01. The van der Waals surface area contributed by atoms with Crippen LogP contribution in [0, 0.1) is 0 Å². The van der Waals surface area contributed by atoms with Crippen LogP contribution < -0.4 is 11.2 Å². The lowest BCUT2D eigenvalue weighted by atomic mass is 10.0. The standard InChI is InChI=1S/C24H40N2O2S/c1-2-3-4-5-6-7-8-9-10-11-12-13-14-15-16-17-19-26-23(27)22-21(18-20-29-22)25-24(26)28/h18,20H,2-17,19H2,1H3,(H,25,28). The number of H-pyrrole nitrogens is 1. The van der Waals surface area contributed by atoms with Crippen LogP contribution in [0.4, 0.5) is 0 Å². The highest BCUT2D eigenvalue weighted by Gasteiger charge is 2.08. The van der Waals surface area contributed by atoms with Gasteiger partial charge in [0, 0.05) is 6.54 Å². The summed E-state index contributed by atoms with van der Waals surface area (Å²) in [5.74, 6) is 0. The molecule has 0 amide bonds. The molecule has 0 aromatic carbocycles. The monoisotopic (exact) mass is 420 g/mol. The molecule has 2 heterocycles. The first-order valence-corrected chi connectivity index (χ1v) is 12.8. The molecular formula is C24H40N2O2S. The molecule has 0 atom stereocenters. The van der Waals surface area contributed by atoms with Gasteiger partial charge in [0.2, 0.25) is 0 Å². The molecule has 164 valence electrons. The van der Waals surface area contributed by atoms with Gasteiger partial charge >= 0.3 is 5.69 Å². The average molecular weight is 421 g/mol. The number of thiophene rings is 1. The quantitative estimate of drug-likeness (QED) is 0.280. The number of fused-ring (bicyclic) bond motifs is 1. The van der Waals surface area contributed by atoms with Gasteiger partial charge in [-0.3, -0.25) is 9.36 Å². The third-order valence-electron chi connectivity index (χ3n) is 5.83. The maximum Gasteiger partial charge on any atom is 0.328 e. The first-order valence-electron chi connectivity index (χ1n) is 11.9. The van der Waals surface area contributed by atoms with Crippen molar-refractivity contribution in [3.8, 4) is 0 Å². The summed E-state index contributed by atoms with van der Waals surface area (Å²) in [5, 5.41) is 1.85. The van der Waals surface area contributed by atoms with Gasteiger partial charge in [0.1, 0.15) is 4.70 Å². The van der Waals surface area contributed by atoms with E-state index >= 15 is 0 Å². The number of hydrogen-bond acceptors (Lipinski definition) is 3. The third kappa shape index (κ3) is 8.90. The van der Waals surface area contributed by atoms with Crippen LogP contribution in [0.2, 0.25) is 0 Å². The van der Waals surface area contributed by atoms with E-state index in [4.69, 9.17) is 0 Å². The van der Waals surface area contributed by atoms with Gasteiger partial charge in [0.15, 0.2) is 0 Å². The molecule has 0 aliphatic rings. The Hall–Kier alpha value is -1.36. The lowest BCUT2D eigenvalue weighted by Crippen LogP contribution is -2.34. The van der Waals surface area contributed by atoms with Gasteiger partial charge in [-0.1, -0.05) is 103 Å². The number of aromatic amines is 1. The van der Waals surface area contributed by atoms with E-state index in [0.29, 0.717) is 16.8 Å². The SMILES string of the molecule is CCCCCCCCCCCCCCCCCCn1c(=O)[nH]c2ccsc2c1=O. The second kappa shape index (κ2) is 14.6. The Morgan fingerprint density at radius 3 is 1.76 bits per heavy atom. The van der Waals surface area contributed by atoms with Gasteiger partial charge in [-0.25, -0.2) is 4.79 Å². The summed E-state index contributed by atoms with van der Waals surface area (Å²) in [5.41, 5.74) is 0.245. The highest BCUT2D eigenvalue weighted by Crippen LogP contribution is 2.14. The van der Waals surface area contributed by atoms with E-state index in [1.807, 2.05) is 5.38 Å². The molecule has 0 saturated carbocycles. The van der Waals surface area contributed by atoms with E-state index < -0.39 is 0 Å². The number of unbranched alkanes of at least 4 members (excludes halogenated alkanes) is 15. The Labute approximate surface area is 179 Å². The van der Waals surface area contributed by atoms with E-state index in [-0.39, 0.29) is 11.2 Å². The van der Waals surface area contributed by atoms with Crippen molar-refractivity contribution in [2.45, 2.75) is 116 Å². The summed E-state index contributed by atoms with van der Waals surface area (Å²) in [6.45, 7) is 2.80. The van der Waals surface area contributed by atoms with Gasteiger partial charge in [-0.2, -0.15) is 0 Å². The molecule has 5 heteroatoms. The van der Waals surface area contributed by atoms with Gasteiger partial charge in [-0.15, -0.1) is 11.3 Å². The molecule has 0 spiro atoms. The zero-order valence-electron chi connectivity index (χ0n) is 18.3. The lowest BCUT2D eigenvalue weighted by Gasteiger charge is -2.05. The van der Waals surface area contributed by atoms with Crippen LogP contribution >= 0.6 is 11.3 Å². The lowest BCUT2D eigenvalue weighted by molar-refractivity contribution is 0.514. The Kier molecular flexibility index (Phi) is 12.0. The zero-order valence-corrected chi connectivity index (χ0v) is 19.2. The first-order chi connectivity index (χ1) is 14.2. The molecule has 29 heavy (non-hydrogen) atoms. The molecule has 0 fully saturated rings. The Morgan fingerprint density at radius 2 is 1.24 bits per heavy atom. The van der Waals surface area contributed by atoms with Crippen LogP contribution in [0.25, 0.3) is 10.2 Å². The molecule has 2 aromatic heterocycles. The minimum atomic E-state index is -0.276. The van der Waals surface area contributed by atoms with Gasteiger partial charge < -0.3 is 4.98 Å². The van der Waals surface area contributed by atoms with E-state index in [1.54, 1.807) is 6.07 Å². The van der Waals surface area contributed by atoms with Crippen molar-refractivity contribution in [1.82, 2.24) is 9.55 Å². The van der Waals surface area contributed by atoms with E-state index in [9.17, 15) is 9.59 Å². The second-order valence-electron chi connectivity index (χ2n) is 8.35. The van der Waals surface area contributed by atoms with E-state index in [0.717, 1.165) is 12.8 Å². The maximum absolute atomic E-state index is 12.4. The number of hydrogen-bond donors (Lipinski definition) is 1. The van der Waals surface area contributed by atoms with Gasteiger partial charge in [0.25, 0.3) is 5.56 Å². The van der Waals surface area contributed by atoms with Crippen molar-refractivity contribution in [2.24, 2.45) is 0 Å². The highest BCUT2D eigenvalue weighted by atomic mass is 32.1. The fourth-order valence-corrected chi connectivity index (χ4v) is 4.79. The number of nitrogens with one attached hydrogen (secondary N) is 1. The van der Waals surface area contributed by atoms with Crippen molar-refractivity contribution in [3.05, 3.63) is 32.3 Å². The summed E-state index contributed by atoms with van der Waals surface area (Å²) in [4.78, 5) is 27.2. The molecule has 0 aliphatic carbocycles. The Morgan fingerprint density at radius 1 is 0.759 bits per heavy atom. The summed E-state index contributed by atoms with van der Waals surface area (Å²) >= 11 is 1.40. The van der Waals surface area contributed by atoms with Crippen molar-refractivity contribution in [3.63, 3.8) is 0 Å². The summed E-state index contributed by atoms with van der Waals surface area (Å²) in [7, 11) is 0. The highest BCUT2D eigenvalue weighted by molar-refractivity contribution is 7.17. The van der Waals surface area contributed by atoms with Crippen LogP contribution in [0.5, 0.6) is 0 Å². The third-order valence-corrected chi connectivity index (χ3v) is 6.73. The minimum absolute atomic E-state index is 0.139. The van der Waals surface area contributed by atoms with Crippen LogP contribution in [-0.2, 0) is 6.54 Å². The van der Waals surface area contributed by atoms with Crippen molar-refractivity contribution in [1.29, 1.82) is 0 Å².